The lowest BCUT2D eigenvalue weighted by molar-refractivity contribution is 0.644. The Kier molecular flexibility index (Phi) is 3.25. The highest BCUT2D eigenvalue weighted by Crippen LogP contribution is 2.25. The molecule has 2 nitrogen and oxygen atoms in total. The Labute approximate surface area is 89.9 Å². The van der Waals surface area contributed by atoms with Gasteiger partial charge >= 0.3 is 0 Å². The minimum absolute atomic E-state index is 0.599. The van der Waals surface area contributed by atoms with Crippen molar-refractivity contribution in [3.8, 4) is 0 Å². The van der Waals surface area contributed by atoms with Gasteiger partial charge in [-0.1, -0.05) is 6.07 Å². The van der Waals surface area contributed by atoms with Crippen LogP contribution in [-0.2, 0) is 0 Å². The van der Waals surface area contributed by atoms with Crippen molar-refractivity contribution in [1.29, 1.82) is 0 Å². The largest absolute Gasteiger partial charge is 0.354 e. The van der Waals surface area contributed by atoms with Gasteiger partial charge in [0.2, 0.25) is 0 Å². The zero-order valence-electron chi connectivity index (χ0n) is 8.19. The van der Waals surface area contributed by atoms with Crippen LogP contribution in [0.5, 0.6) is 0 Å². The molecule has 0 bridgehead atoms. The Balaban J connectivity index is 2.10. The third kappa shape index (κ3) is 2.01. The molecule has 14 heavy (non-hydrogen) atoms. The summed E-state index contributed by atoms with van der Waals surface area (Å²) in [6.45, 7) is 1.12. The topological polar surface area (TPSA) is 16.1 Å². The van der Waals surface area contributed by atoms with Crippen molar-refractivity contribution in [3.05, 3.63) is 24.4 Å². The van der Waals surface area contributed by atoms with Crippen LogP contribution in [0.1, 0.15) is 19.3 Å². The predicted molar refractivity (Wildman–Crippen MR) is 59.9 cm³/mol. The zero-order chi connectivity index (χ0) is 9.80. The van der Waals surface area contributed by atoms with E-state index in [2.05, 4.69) is 16.0 Å². The summed E-state index contributed by atoms with van der Waals surface area (Å²) >= 11 is 5.79. The molecule has 1 saturated heterocycles. The molecule has 1 aromatic rings. The first-order chi connectivity index (χ1) is 6.92. The molecule has 0 spiro atoms. The van der Waals surface area contributed by atoms with Crippen molar-refractivity contribution in [2.45, 2.75) is 25.3 Å². The van der Waals surface area contributed by atoms with Crippen molar-refractivity contribution in [2.24, 2.45) is 0 Å². The molecule has 2 rings (SSSR count). The smallest absolute Gasteiger partial charge is 0.128 e. The van der Waals surface area contributed by atoms with Crippen molar-refractivity contribution in [3.63, 3.8) is 0 Å². The number of halogens is 1. The second-order valence-electron chi connectivity index (χ2n) is 3.66. The maximum absolute atomic E-state index is 5.79. The molecule has 1 unspecified atom stereocenters. The number of hydrogen-bond donors (Lipinski definition) is 0. The van der Waals surface area contributed by atoms with Gasteiger partial charge in [0.1, 0.15) is 5.82 Å². The molecule has 0 amide bonds. The van der Waals surface area contributed by atoms with Gasteiger partial charge in [0.25, 0.3) is 0 Å². The number of nitrogens with zero attached hydrogens (tertiary/aromatic N) is 2. The molecule has 1 fully saturated rings. The predicted octanol–water partition coefficient (Wildman–Crippen LogP) is 2.68. The van der Waals surface area contributed by atoms with Gasteiger partial charge in [0.05, 0.1) is 0 Å². The molecule has 1 aliphatic rings. The van der Waals surface area contributed by atoms with Gasteiger partial charge in [-0.25, -0.2) is 4.98 Å². The van der Waals surface area contributed by atoms with Crippen LogP contribution in [0.25, 0.3) is 0 Å². The van der Waals surface area contributed by atoms with E-state index in [9.17, 15) is 0 Å². The fourth-order valence-electron chi connectivity index (χ4n) is 2.09. The monoisotopic (exact) mass is 210 g/mol. The van der Waals surface area contributed by atoms with Gasteiger partial charge in [0.15, 0.2) is 0 Å². The Morgan fingerprint density at radius 1 is 1.50 bits per heavy atom. The van der Waals surface area contributed by atoms with E-state index >= 15 is 0 Å². The number of anilines is 1. The van der Waals surface area contributed by atoms with Crippen molar-refractivity contribution in [1.82, 2.24) is 4.98 Å². The van der Waals surface area contributed by atoms with E-state index in [4.69, 9.17) is 11.6 Å². The first-order valence-electron chi connectivity index (χ1n) is 5.15. The number of hydrogen-bond acceptors (Lipinski definition) is 2. The molecule has 2 heterocycles. The molecule has 0 N–H and O–H groups in total. The first kappa shape index (κ1) is 9.78. The average Bonchev–Trinajstić information content (AvgIpc) is 2.68. The fraction of sp³-hybridized carbons (Fsp3) is 0.545. The molecule has 1 atom stereocenters. The van der Waals surface area contributed by atoms with Crippen LogP contribution >= 0.6 is 11.6 Å². The molecule has 1 aromatic heterocycles. The quantitative estimate of drug-likeness (QED) is 0.714. The SMILES string of the molecule is ClCCC1CCCN1c1ccccn1. The molecule has 0 saturated carbocycles. The van der Waals surface area contributed by atoms with Crippen molar-refractivity contribution < 1.29 is 0 Å². The summed E-state index contributed by atoms with van der Waals surface area (Å²) in [6, 6.07) is 6.67. The number of aromatic nitrogens is 1. The summed E-state index contributed by atoms with van der Waals surface area (Å²) < 4.78 is 0. The number of rotatable bonds is 3. The number of alkyl halides is 1. The standard InChI is InChI=1S/C11H15ClN2/c12-7-6-10-4-3-9-14(10)11-5-1-2-8-13-11/h1-2,5,8,10H,3-4,6-7,9H2. The van der Waals surface area contributed by atoms with E-state index in [1.54, 1.807) is 0 Å². The van der Waals surface area contributed by atoms with Crippen LogP contribution < -0.4 is 4.90 Å². The second-order valence-corrected chi connectivity index (χ2v) is 4.03. The minimum atomic E-state index is 0.599. The third-order valence-electron chi connectivity index (χ3n) is 2.76. The van der Waals surface area contributed by atoms with E-state index in [-0.39, 0.29) is 0 Å². The molecule has 0 aliphatic carbocycles. The van der Waals surface area contributed by atoms with Crippen molar-refractivity contribution >= 4 is 17.4 Å². The Bertz CT molecular complexity index is 276. The van der Waals surface area contributed by atoms with Gasteiger partial charge in [-0.15, -0.1) is 11.6 Å². The van der Waals surface area contributed by atoms with E-state index in [0.717, 1.165) is 24.7 Å². The van der Waals surface area contributed by atoms with Crippen LogP contribution in [0.15, 0.2) is 24.4 Å². The van der Waals surface area contributed by atoms with E-state index in [0.29, 0.717) is 6.04 Å². The summed E-state index contributed by atoms with van der Waals surface area (Å²) in [6.07, 6.45) is 5.44. The van der Waals surface area contributed by atoms with Gasteiger partial charge in [-0.3, -0.25) is 0 Å². The van der Waals surface area contributed by atoms with Crippen LogP contribution in [0, 0.1) is 0 Å². The Morgan fingerprint density at radius 3 is 3.14 bits per heavy atom. The number of pyridine rings is 1. The molecule has 3 heteroatoms. The van der Waals surface area contributed by atoms with Gasteiger partial charge in [-0.2, -0.15) is 0 Å². The van der Waals surface area contributed by atoms with Gasteiger partial charge in [0, 0.05) is 24.7 Å². The third-order valence-corrected chi connectivity index (χ3v) is 2.98. The van der Waals surface area contributed by atoms with E-state index < -0.39 is 0 Å². The van der Waals surface area contributed by atoms with Crippen LogP contribution in [0.3, 0.4) is 0 Å². The maximum atomic E-state index is 5.79. The summed E-state index contributed by atoms with van der Waals surface area (Å²) in [5, 5.41) is 0. The lowest BCUT2D eigenvalue weighted by Gasteiger charge is -2.24. The van der Waals surface area contributed by atoms with Crippen molar-refractivity contribution in [2.75, 3.05) is 17.3 Å². The average molecular weight is 211 g/mol. The molecule has 0 radical (unpaired) electrons. The lowest BCUT2D eigenvalue weighted by Crippen LogP contribution is -2.30. The summed E-state index contributed by atoms with van der Waals surface area (Å²) in [4.78, 5) is 6.75. The highest BCUT2D eigenvalue weighted by Gasteiger charge is 2.24. The van der Waals surface area contributed by atoms with Gasteiger partial charge < -0.3 is 4.90 Å². The van der Waals surface area contributed by atoms with E-state index in [1.807, 2.05) is 18.3 Å². The first-order valence-corrected chi connectivity index (χ1v) is 5.69. The van der Waals surface area contributed by atoms with Crippen LogP contribution in [0.4, 0.5) is 5.82 Å². The highest BCUT2D eigenvalue weighted by molar-refractivity contribution is 6.17. The minimum Gasteiger partial charge on any atom is -0.354 e. The molecular formula is C11H15ClN2. The Morgan fingerprint density at radius 2 is 2.43 bits per heavy atom. The van der Waals surface area contributed by atoms with Gasteiger partial charge in [-0.05, 0) is 31.4 Å². The molecule has 76 valence electrons. The summed E-state index contributed by atoms with van der Waals surface area (Å²) in [7, 11) is 0. The zero-order valence-corrected chi connectivity index (χ0v) is 8.95. The maximum Gasteiger partial charge on any atom is 0.128 e. The molecular weight excluding hydrogens is 196 g/mol. The van der Waals surface area contributed by atoms with Crippen LogP contribution in [0.2, 0.25) is 0 Å². The summed E-state index contributed by atoms with van der Waals surface area (Å²) in [5.74, 6) is 1.84. The fourth-order valence-corrected chi connectivity index (χ4v) is 2.34. The van der Waals surface area contributed by atoms with Crippen LogP contribution in [-0.4, -0.2) is 23.5 Å². The summed E-state index contributed by atoms with van der Waals surface area (Å²) in [5.41, 5.74) is 0. The Hall–Kier alpha value is -0.760. The van der Waals surface area contributed by atoms with E-state index in [1.165, 1.54) is 12.8 Å². The normalized spacial score (nSPS) is 21.5. The second kappa shape index (κ2) is 4.65. The molecule has 1 aliphatic heterocycles. The lowest BCUT2D eigenvalue weighted by atomic mass is 10.2. The highest BCUT2D eigenvalue weighted by atomic mass is 35.5. The molecule has 0 aromatic carbocycles.